The molecule has 0 spiro atoms. The zero-order valence-corrected chi connectivity index (χ0v) is 14.5. The summed E-state index contributed by atoms with van der Waals surface area (Å²) in [6.07, 6.45) is 4.05. The SMILES string of the molecule is COCCN1CCC(CNC(=O)c2cn3c(C)cccc3n2)CC1. The van der Waals surface area contributed by atoms with Crippen LogP contribution in [0.2, 0.25) is 0 Å². The number of aromatic nitrogens is 2. The first kappa shape index (κ1) is 16.9. The van der Waals surface area contributed by atoms with E-state index in [4.69, 9.17) is 4.74 Å². The van der Waals surface area contributed by atoms with Gasteiger partial charge >= 0.3 is 0 Å². The van der Waals surface area contributed by atoms with Crippen molar-refractivity contribution in [2.45, 2.75) is 19.8 Å². The van der Waals surface area contributed by atoms with Gasteiger partial charge in [-0.25, -0.2) is 4.98 Å². The van der Waals surface area contributed by atoms with Gasteiger partial charge in [-0.05, 0) is 50.9 Å². The Morgan fingerprint density at radius 2 is 2.17 bits per heavy atom. The second-order valence-electron chi connectivity index (χ2n) is 6.51. The fourth-order valence-electron chi connectivity index (χ4n) is 3.22. The van der Waals surface area contributed by atoms with E-state index < -0.39 is 0 Å². The summed E-state index contributed by atoms with van der Waals surface area (Å²) in [6.45, 7) is 6.68. The van der Waals surface area contributed by atoms with Crippen molar-refractivity contribution >= 4 is 11.6 Å². The molecule has 0 radical (unpaired) electrons. The van der Waals surface area contributed by atoms with E-state index >= 15 is 0 Å². The number of pyridine rings is 1. The minimum atomic E-state index is -0.0834. The Morgan fingerprint density at radius 1 is 1.38 bits per heavy atom. The van der Waals surface area contributed by atoms with E-state index in [9.17, 15) is 4.79 Å². The van der Waals surface area contributed by atoms with Gasteiger partial charge in [-0.3, -0.25) is 4.79 Å². The third kappa shape index (κ3) is 3.94. The number of fused-ring (bicyclic) bond motifs is 1. The maximum absolute atomic E-state index is 12.4. The first-order valence-electron chi connectivity index (χ1n) is 8.61. The minimum Gasteiger partial charge on any atom is -0.383 e. The molecule has 1 aliphatic heterocycles. The summed E-state index contributed by atoms with van der Waals surface area (Å²) >= 11 is 0. The topological polar surface area (TPSA) is 58.9 Å². The van der Waals surface area contributed by atoms with Crippen LogP contribution in [0.4, 0.5) is 0 Å². The quantitative estimate of drug-likeness (QED) is 0.876. The number of hydrogen-bond acceptors (Lipinski definition) is 4. The zero-order chi connectivity index (χ0) is 16.9. The summed E-state index contributed by atoms with van der Waals surface area (Å²) in [7, 11) is 1.74. The van der Waals surface area contributed by atoms with Gasteiger partial charge in [0.15, 0.2) is 0 Å². The number of rotatable bonds is 6. The van der Waals surface area contributed by atoms with Crippen molar-refractivity contribution in [3.05, 3.63) is 35.8 Å². The van der Waals surface area contributed by atoms with Crippen LogP contribution in [-0.4, -0.2) is 60.1 Å². The first-order valence-corrected chi connectivity index (χ1v) is 8.61. The molecule has 1 amide bonds. The minimum absolute atomic E-state index is 0.0834. The monoisotopic (exact) mass is 330 g/mol. The Bertz CT molecular complexity index is 689. The Kier molecular flexibility index (Phi) is 5.48. The molecule has 3 rings (SSSR count). The van der Waals surface area contributed by atoms with E-state index in [-0.39, 0.29) is 5.91 Å². The van der Waals surface area contributed by atoms with Crippen LogP contribution < -0.4 is 5.32 Å². The number of nitrogens with zero attached hydrogens (tertiary/aromatic N) is 3. The van der Waals surface area contributed by atoms with E-state index in [0.717, 1.165) is 57.0 Å². The molecule has 0 saturated carbocycles. The summed E-state index contributed by atoms with van der Waals surface area (Å²) in [5.74, 6) is 0.464. The van der Waals surface area contributed by atoms with Crippen LogP contribution in [0, 0.1) is 12.8 Å². The van der Waals surface area contributed by atoms with Crippen molar-refractivity contribution in [2.24, 2.45) is 5.92 Å². The molecule has 0 bridgehead atoms. The molecule has 0 aliphatic carbocycles. The number of carbonyl (C=O) groups excluding carboxylic acids is 1. The fraction of sp³-hybridized carbons (Fsp3) is 0.556. The molecule has 1 fully saturated rings. The summed E-state index contributed by atoms with van der Waals surface area (Å²) < 4.78 is 7.07. The Balaban J connectivity index is 1.50. The average Bonchev–Trinajstić information content (AvgIpc) is 3.04. The largest absolute Gasteiger partial charge is 0.383 e. The van der Waals surface area contributed by atoms with Crippen molar-refractivity contribution in [3.8, 4) is 0 Å². The van der Waals surface area contributed by atoms with Crippen LogP contribution in [0.5, 0.6) is 0 Å². The summed E-state index contributed by atoms with van der Waals surface area (Å²) in [5.41, 5.74) is 2.37. The van der Waals surface area contributed by atoms with Gasteiger partial charge in [-0.15, -0.1) is 0 Å². The van der Waals surface area contributed by atoms with Crippen molar-refractivity contribution in [1.29, 1.82) is 0 Å². The molecule has 0 unspecified atom stereocenters. The van der Waals surface area contributed by atoms with E-state index in [1.807, 2.05) is 35.7 Å². The molecule has 130 valence electrons. The zero-order valence-electron chi connectivity index (χ0n) is 14.5. The molecule has 1 N–H and O–H groups in total. The van der Waals surface area contributed by atoms with E-state index in [2.05, 4.69) is 15.2 Å². The van der Waals surface area contributed by atoms with E-state index in [0.29, 0.717) is 11.6 Å². The normalized spacial score (nSPS) is 16.6. The van der Waals surface area contributed by atoms with Gasteiger partial charge in [-0.2, -0.15) is 0 Å². The molecule has 24 heavy (non-hydrogen) atoms. The second kappa shape index (κ2) is 7.77. The maximum Gasteiger partial charge on any atom is 0.271 e. The number of aryl methyl sites for hydroxylation is 1. The van der Waals surface area contributed by atoms with Gasteiger partial charge in [0, 0.05) is 32.1 Å². The second-order valence-corrected chi connectivity index (χ2v) is 6.51. The number of nitrogens with one attached hydrogen (secondary N) is 1. The first-order chi connectivity index (χ1) is 11.7. The lowest BCUT2D eigenvalue weighted by atomic mass is 9.97. The van der Waals surface area contributed by atoms with Crippen LogP contribution in [0.15, 0.2) is 24.4 Å². The molecule has 2 aromatic heterocycles. The number of hydrogen-bond donors (Lipinski definition) is 1. The van der Waals surface area contributed by atoms with Crippen LogP contribution in [0.3, 0.4) is 0 Å². The van der Waals surface area contributed by atoms with Gasteiger partial charge < -0.3 is 19.4 Å². The number of piperidine rings is 1. The number of methoxy groups -OCH3 is 1. The third-order valence-electron chi connectivity index (χ3n) is 4.80. The lowest BCUT2D eigenvalue weighted by Crippen LogP contribution is -2.39. The smallest absolute Gasteiger partial charge is 0.271 e. The third-order valence-corrected chi connectivity index (χ3v) is 4.80. The molecule has 1 aliphatic rings. The number of carbonyl (C=O) groups is 1. The average molecular weight is 330 g/mol. The Hall–Kier alpha value is -1.92. The van der Waals surface area contributed by atoms with Crippen molar-refractivity contribution < 1.29 is 9.53 Å². The number of ether oxygens (including phenoxy) is 1. The lowest BCUT2D eigenvalue weighted by molar-refractivity contribution is 0.0921. The van der Waals surface area contributed by atoms with Gasteiger partial charge in [0.2, 0.25) is 0 Å². The molecule has 2 aromatic rings. The molecule has 3 heterocycles. The molecule has 6 heteroatoms. The standard InChI is InChI=1S/C18H26N4O2/c1-14-4-3-5-17-20-16(13-22(14)17)18(23)19-12-15-6-8-21(9-7-15)10-11-24-2/h3-5,13,15H,6-12H2,1-2H3,(H,19,23). The van der Waals surface area contributed by atoms with Crippen LogP contribution in [0.1, 0.15) is 29.0 Å². The Morgan fingerprint density at radius 3 is 2.88 bits per heavy atom. The van der Waals surface area contributed by atoms with Gasteiger partial charge in [-0.1, -0.05) is 6.07 Å². The fourth-order valence-corrected chi connectivity index (χ4v) is 3.22. The van der Waals surface area contributed by atoms with Crippen molar-refractivity contribution in [1.82, 2.24) is 19.6 Å². The molecule has 6 nitrogen and oxygen atoms in total. The molecule has 0 atom stereocenters. The van der Waals surface area contributed by atoms with Crippen LogP contribution >= 0.6 is 0 Å². The molecular weight excluding hydrogens is 304 g/mol. The highest BCUT2D eigenvalue weighted by molar-refractivity contribution is 5.92. The van der Waals surface area contributed by atoms with E-state index in [1.54, 1.807) is 7.11 Å². The summed E-state index contributed by atoms with van der Waals surface area (Å²) in [4.78, 5) is 19.2. The van der Waals surface area contributed by atoms with Crippen LogP contribution in [0.25, 0.3) is 5.65 Å². The highest BCUT2D eigenvalue weighted by Crippen LogP contribution is 2.16. The van der Waals surface area contributed by atoms with Crippen molar-refractivity contribution in [3.63, 3.8) is 0 Å². The molecular formula is C18H26N4O2. The highest BCUT2D eigenvalue weighted by atomic mass is 16.5. The number of likely N-dealkylation sites (tertiary alicyclic amines) is 1. The lowest BCUT2D eigenvalue weighted by Gasteiger charge is -2.31. The summed E-state index contributed by atoms with van der Waals surface area (Å²) in [5, 5.41) is 3.05. The van der Waals surface area contributed by atoms with Crippen molar-refractivity contribution in [2.75, 3.05) is 39.9 Å². The summed E-state index contributed by atoms with van der Waals surface area (Å²) in [6, 6.07) is 5.88. The van der Waals surface area contributed by atoms with Gasteiger partial charge in [0.05, 0.1) is 6.61 Å². The highest BCUT2D eigenvalue weighted by Gasteiger charge is 2.20. The van der Waals surface area contributed by atoms with Crippen LogP contribution in [-0.2, 0) is 4.74 Å². The van der Waals surface area contributed by atoms with Gasteiger partial charge in [0.25, 0.3) is 5.91 Å². The maximum atomic E-state index is 12.4. The predicted octanol–water partition coefficient (Wildman–Crippen LogP) is 1.73. The number of imidazole rings is 1. The predicted molar refractivity (Wildman–Crippen MR) is 93.3 cm³/mol. The number of amides is 1. The molecule has 1 saturated heterocycles. The molecule has 0 aromatic carbocycles. The van der Waals surface area contributed by atoms with E-state index in [1.165, 1.54) is 0 Å². The van der Waals surface area contributed by atoms with Gasteiger partial charge in [0.1, 0.15) is 11.3 Å². The Labute approximate surface area is 142 Å².